The molecule has 0 saturated carbocycles. The Hall–Kier alpha value is -2.43. The Balaban J connectivity index is 2.17. The molecule has 1 aromatic heterocycles. The van der Waals surface area contributed by atoms with Crippen molar-refractivity contribution in [3.8, 4) is 0 Å². The third-order valence-corrected chi connectivity index (χ3v) is 2.99. The number of halogens is 1. The van der Waals surface area contributed by atoms with Crippen molar-refractivity contribution in [1.29, 1.82) is 0 Å². The first kappa shape index (κ1) is 15.0. The number of pyridine rings is 1. The molecule has 1 amide bonds. The van der Waals surface area contributed by atoms with Crippen LogP contribution in [0.25, 0.3) is 0 Å². The highest BCUT2D eigenvalue weighted by Crippen LogP contribution is 2.17. The van der Waals surface area contributed by atoms with Crippen LogP contribution in [-0.4, -0.2) is 17.4 Å². The summed E-state index contributed by atoms with van der Waals surface area (Å²) >= 11 is 0. The highest BCUT2D eigenvalue weighted by Gasteiger charge is 2.15. The van der Waals surface area contributed by atoms with Crippen LogP contribution in [-0.2, 0) is 0 Å². The molecular weight excluding hydrogens is 269 g/mol. The van der Waals surface area contributed by atoms with Crippen molar-refractivity contribution in [2.45, 2.75) is 20.3 Å². The average Bonchev–Trinajstić information content (AvgIpc) is 2.48. The molecule has 0 spiro atoms. The number of rotatable bonds is 5. The van der Waals surface area contributed by atoms with Crippen molar-refractivity contribution >= 4 is 17.4 Å². The van der Waals surface area contributed by atoms with Crippen LogP contribution in [0.3, 0.4) is 0 Å². The van der Waals surface area contributed by atoms with Gasteiger partial charge in [-0.25, -0.2) is 9.37 Å². The van der Waals surface area contributed by atoms with Gasteiger partial charge in [0.05, 0.1) is 5.56 Å². The molecule has 2 rings (SSSR count). The van der Waals surface area contributed by atoms with Crippen LogP contribution in [0.5, 0.6) is 0 Å². The molecule has 0 bridgehead atoms. The minimum atomic E-state index is -0.629. The number of amides is 1. The van der Waals surface area contributed by atoms with E-state index in [-0.39, 0.29) is 11.4 Å². The van der Waals surface area contributed by atoms with Gasteiger partial charge in [-0.05, 0) is 31.5 Å². The van der Waals surface area contributed by atoms with E-state index in [1.165, 1.54) is 12.3 Å². The van der Waals surface area contributed by atoms with Crippen molar-refractivity contribution in [1.82, 2.24) is 4.98 Å². The number of anilines is 2. The van der Waals surface area contributed by atoms with E-state index in [0.29, 0.717) is 12.2 Å². The summed E-state index contributed by atoms with van der Waals surface area (Å²) in [6.07, 6.45) is 2.27. The van der Waals surface area contributed by atoms with Gasteiger partial charge in [0.1, 0.15) is 0 Å². The van der Waals surface area contributed by atoms with E-state index in [9.17, 15) is 9.18 Å². The maximum absolute atomic E-state index is 14.2. The largest absolute Gasteiger partial charge is 0.368 e. The highest BCUT2D eigenvalue weighted by atomic mass is 19.1. The Labute approximate surface area is 123 Å². The summed E-state index contributed by atoms with van der Waals surface area (Å²) in [6, 6.07) is 8.70. The zero-order valence-corrected chi connectivity index (χ0v) is 12.1. The lowest BCUT2D eigenvalue weighted by molar-refractivity contribution is 0.102. The fraction of sp³-hybridized carbons (Fsp3) is 0.250. The Morgan fingerprint density at radius 3 is 2.62 bits per heavy atom. The molecule has 0 atom stereocenters. The molecule has 21 heavy (non-hydrogen) atoms. The second-order valence-electron chi connectivity index (χ2n) is 4.77. The summed E-state index contributed by atoms with van der Waals surface area (Å²) in [4.78, 5) is 16.1. The molecule has 2 aromatic rings. The lowest BCUT2D eigenvalue weighted by Crippen LogP contribution is -2.16. The fourth-order valence-corrected chi connectivity index (χ4v) is 1.82. The lowest BCUT2D eigenvalue weighted by Gasteiger charge is -2.09. The van der Waals surface area contributed by atoms with Gasteiger partial charge < -0.3 is 10.6 Å². The molecule has 0 aliphatic carbocycles. The maximum Gasteiger partial charge on any atom is 0.258 e. The normalized spacial score (nSPS) is 10.2. The predicted molar refractivity (Wildman–Crippen MR) is 82.1 cm³/mol. The fourth-order valence-electron chi connectivity index (χ4n) is 1.82. The predicted octanol–water partition coefficient (Wildman–Crippen LogP) is 3.60. The summed E-state index contributed by atoms with van der Waals surface area (Å²) in [5.74, 6) is -1.01. The van der Waals surface area contributed by atoms with Gasteiger partial charge >= 0.3 is 0 Å². The standard InChI is InChI=1S/C16H18FN3O/c1-3-9-18-15-14(17)13(8-10-19-15)16(21)20-12-6-4-11(2)5-7-12/h4-8,10H,3,9H2,1-2H3,(H,18,19)(H,20,21). The molecule has 1 heterocycles. The van der Waals surface area contributed by atoms with Crippen molar-refractivity contribution < 1.29 is 9.18 Å². The first-order valence-corrected chi connectivity index (χ1v) is 6.88. The van der Waals surface area contributed by atoms with Gasteiger partial charge in [-0.2, -0.15) is 0 Å². The van der Waals surface area contributed by atoms with E-state index < -0.39 is 11.7 Å². The van der Waals surface area contributed by atoms with Crippen LogP contribution in [0.1, 0.15) is 29.3 Å². The minimum absolute atomic E-state index is 0.0239. The van der Waals surface area contributed by atoms with Crippen LogP contribution >= 0.6 is 0 Å². The summed E-state index contributed by atoms with van der Waals surface area (Å²) < 4.78 is 14.2. The van der Waals surface area contributed by atoms with Gasteiger partial charge in [0.2, 0.25) is 0 Å². The van der Waals surface area contributed by atoms with E-state index in [1.54, 1.807) is 12.1 Å². The first-order chi connectivity index (χ1) is 10.1. The average molecular weight is 287 g/mol. The van der Waals surface area contributed by atoms with Crippen LogP contribution in [0.15, 0.2) is 36.5 Å². The van der Waals surface area contributed by atoms with Gasteiger partial charge in [0.25, 0.3) is 5.91 Å². The van der Waals surface area contributed by atoms with Gasteiger partial charge in [-0.1, -0.05) is 24.6 Å². The monoisotopic (exact) mass is 287 g/mol. The molecule has 110 valence electrons. The topological polar surface area (TPSA) is 54.0 Å². The van der Waals surface area contributed by atoms with Crippen LogP contribution in [0, 0.1) is 12.7 Å². The van der Waals surface area contributed by atoms with Gasteiger partial charge in [0, 0.05) is 18.4 Å². The van der Waals surface area contributed by atoms with E-state index in [0.717, 1.165) is 12.0 Å². The number of carbonyl (C=O) groups is 1. The first-order valence-electron chi connectivity index (χ1n) is 6.88. The molecule has 0 aliphatic heterocycles. The third-order valence-electron chi connectivity index (χ3n) is 2.99. The quantitative estimate of drug-likeness (QED) is 0.883. The summed E-state index contributed by atoms with van der Waals surface area (Å²) in [6.45, 7) is 4.53. The zero-order valence-electron chi connectivity index (χ0n) is 12.1. The second-order valence-corrected chi connectivity index (χ2v) is 4.77. The van der Waals surface area contributed by atoms with Gasteiger partial charge in [0.15, 0.2) is 11.6 Å². The molecule has 0 unspecified atom stereocenters. The molecule has 4 nitrogen and oxygen atoms in total. The number of aromatic nitrogens is 1. The Morgan fingerprint density at radius 2 is 1.95 bits per heavy atom. The van der Waals surface area contributed by atoms with Crippen LogP contribution < -0.4 is 10.6 Å². The van der Waals surface area contributed by atoms with Crippen molar-refractivity contribution in [2.24, 2.45) is 0 Å². The Bertz CT molecular complexity index is 626. The Kier molecular flexibility index (Phi) is 4.87. The zero-order chi connectivity index (χ0) is 15.2. The number of hydrogen-bond donors (Lipinski definition) is 2. The summed E-state index contributed by atoms with van der Waals surface area (Å²) in [7, 11) is 0. The van der Waals surface area contributed by atoms with Crippen molar-refractivity contribution in [3.63, 3.8) is 0 Å². The van der Waals surface area contributed by atoms with E-state index in [4.69, 9.17) is 0 Å². The smallest absolute Gasteiger partial charge is 0.258 e. The maximum atomic E-state index is 14.2. The third kappa shape index (κ3) is 3.78. The van der Waals surface area contributed by atoms with E-state index in [2.05, 4.69) is 15.6 Å². The lowest BCUT2D eigenvalue weighted by atomic mass is 10.2. The van der Waals surface area contributed by atoms with Gasteiger partial charge in [-0.3, -0.25) is 4.79 Å². The molecule has 5 heteroatoms. The van der Waals surface area contributed by atoms with Crippen molar-refractivity contribution in [2.75, 3.05) is 17.2 Å². The van der Waals surface area contributed by atoms with Crippen LogP contribution in [0.4, 0.5) is 15.9 Å². The molecule has 0 saturated heterocycles. The van der Waals surface area contributed by atoms with Crippen LogP contribution in [0.2, 0.25) is 0 Å². The molecule has 0 radical (unpaired) electrons. The number of nitrogens with zero attached hydrogens (tertiary/aromatic N) is 1. The van der Waals surface area contributed by atoms with E-state index in [1.807, 2.05) is 26.0 Å². The van der Waals surface area contributed by atoms with E-state index >= 15 is 0 Å². The number of hydrogen-bond acceptors (Lipinski definition) is 3. The number of aryl methyl sites for hydroxylation is 1. The molecule has 0 aliphatic rings. The number of benzene rings is 1. The SMILES string of the molecule is CCCNc1nccc(C(=O)Nc2ccc(C)cc2)c1F. The number of nitrogens with one attached hydrogen (secondary N) is 2. The molecule has 0 fully saturated rings. The number of carbonyl (C=O) groups excluding carboxylic acids is 1. The molecule has 2 N–H and O–H groups in total. The van der Waals surface area contributed by atoms with Gasteiger partial charge in [-0.15, -0.1) is 0 Å². The molecular formula is C16H18FN3O. The summed E-state index contributed by atoms with van der Waals surface area (Å²) in [5.41, 5.74) is 1.70. The highest BCUT2D eigenvalue weighted by molar-refractivity contribution is 6.04. The molecule has 1 aromatic carbocycles. The van der Waals surface area contributed by atoms with Crippen molar-refractivity contribution in [3.05, 3.63) is 53.5 Å². The minimum Gasteiger partial charge on any atom is -0.368 e. The second kappa shape index (κ2) is 6.83. The summed E-state index contributed by atoms with van der Waals surface area (Å²) in [5, 5.41) is 5.54. The Morgan fingerprint density at radius 1 is 1.24 bits per heavy atom.